The Bertz CT molecular complexity index is 1680. The highest BCUT2D eigenvalue weighted by Crippen LogP contribution is 2.39. The zero-order valence-corrected chi connectivity index (χ0v) is 21.1. The van der Waals surface area contributed by atoms with E-state index in [-0.39, 0.29) is 12.4 Å². The lowest BCUT2D eigenvalue weighted by Gasteiger charge is -2.30. The number of fused-ring (bicyclic) bond motifs is 2. The minimum atomic E-state index is -1.21. The first-order valence-corrected chi connectivity index (χ1v) is 12.7. The van der Waals surface area contributed by atoms with Gasteiger partial charge in [0.15, 0.2) is 5.82 Å². The van der Waals surface area contributed by atoms with Gasteiger partial charge in [-0.2, -0.15) is 10.2 Å². The SMILES string of the molecule is Cn1ccc(-c2cc([C@@H]3O[C@H](COc4ccc5cnc(N6CCC6)nc5c4)[C@@H](O)[C@H]3O)n3ncnc(N)c23)n1. The van der Waals surface area contributed by atoms with Crippen molar-refractivity contribution in [1.82, 2.24) is 34.3 Å². The van der Waals surface area contributed by atoms with Crippen LogP contribution in [-0.2, 0) is 11.8 Å². The van der Waals surface area contributed by atoms with Gasteiger partial charge in [-0.3, -0.25) is 4.68 Å². The van der Waals surface area contributed by atoms with Crippen molar-refractivity contribution in [3.63, 3.8) is 0 Å². The molecule has 4 atom stereocenters. The molecule has 6 heterocycles. The molecule has 0 unspecified atom stereocenters. The zero-order chi connectivity index (χ0) is 26.7. The molecule has 4 N–H and O–H groups in total. The summed E-state index contributed by atoms with van der Waals surface area (Å²) in [5, 5.41) is 31.6. The molecule has 0 saturated carbocycles. The van der Waals surface area contributed by atoms with Crippen LogP contribution < -0.4 is 15.4 Å². The minimum absolute atomic E-state index is 0.0256. The Morgan fingerprint density at radius 3 is 2.77 bits per heavy atom. The number of rotatable bonds is 6. The highest BCUT2D eigenvalue weighted by atomic mass is 16.6. The number of nitrogens with zero attached hydrogens (tertiary/aromatic N) is 8. The maximum Gasteiger partial charge on any atom is 0.225 e. The standard InChI is InChI=1S/C26H27N9O4/c1-33-8-5-17(32-33)16-10-19(35-21(16)25(27)29-13-30-35)24-23(37)22(36)20(39-24)12-38-15-4-3-14-11-28-26(31-18(14)9-15)34-6-2-7-34/h3-5,8-11,13,20,22-24,36-37H,2,6-7,12H2,1H3,(H2,27,29,30)/t20-,22-,23-,24+/m1/s1. The van der Waals surface area contributed by atoms with Crippen LogP contribution in [0.2, 0.25) is 0 Å². The Labute approximate surface area is 222 Å². The second-order valence-corrected chi connectivity index (χ2v) is 9.88. The van der Waals surface area contributed by atoms with E-state index in [1.165, 1.54) is 6.33 Å². The van der Waals surface area contributed by atoms with Gasteiger partial charge in [0, 0.05) is 49.5 Å². The van der Waals surface area contributed by atoms with Crippen molar-refractivity contribution in [3.8, 4) is 17.0 Å². The van der Waals surface area contributed by atoms with Gasteiger partial charge in [0.05, 0.1) is 16.9 Å². The number of hydrogen-bond acceptors (Lipinski definition) is 11. The Morgan fingerprint density at radius 1 is 1.13 bits per heavy atom. The summed E-state index contributed by atoms with van der Waals surface area (Å²) in [6, 6.07) is 9.22. The molecule has 2 saturated heterocycles. The Balaban J connectivity index is 1.13. The number of benzene rings is 1. The number of nitrogen functional groups attached to an aromatic ring is 1. The number of nitrogens with two attached hydrogens (primary N) is 1. The van der Waals surface area contributed by atoms with Crippen molar-refractivity contribution in [3.05, 3.63) is 54.7 Å². The van der Waals surface area contributed by atoms with E-state index < -0.39 is 24.4 Å². The smallest absolute Gasteiger partial charge is 0.225 e. The molecule has 0 aliphatic carbocycles. The Morgan fingerprint density at radius 2 is 2.00 bits per heavy atom. The summed E-state index contributed by atoms with van der Waals surface area (Å²) in [5.74, 6) is 1.55. The third kappa shape index (κ3) is 4.02. The molecule has 7 rings (SSSR count). The number of aliphatic hydroxyl groups is 2. The molecule has 1 aromatic carbocycles. The fourth-order valence-corrected chi connectivity index (χ4v) is 5.11. The zero-order valence-electron chi connectivity index (χ0n) is 21.1. The van der Waals surface area contributed by atoms with Crippen molar-refractivity contribution < 1.29 is 19.7 Å². The molecule has 4 aromatic heterocycles. The van der Waals surface area contributed by atoms with Crippen molar-refractivity contribution in [2.75, 3.05) is 30.3 Å². The summed E-state index contributed by atoms with van der Waals surface area (Å²) in [5.41, 5.74) is 9.42. The van der Waals surface area contributed by atoms with Crippen LogP contribution in [0, 0.1) is 0 Å². The van der Waals surface area contributed by atoms with Crippen LogP contribution >= 0.6 is 0 Å². The first-order valence-electron chi connectivity index (χ1n) is 12.7. The largest absolute Gasteiger partial charge is 0.491 e. The van der Waals surface area contributed by atoms with Crippen LogP contribution in [0.3, 0.4) is 0 Å². The van der Waals surface area contributed by atoms with Crippen LogP contribution in [0.5, 0.6) is 5.75 Å². The lowest BCUT2D eigenvalue weighted by atomic mass is 10.1. The van der Waals surface area contributed by atoms with Gasteiger partial charge in [-0.15, -0.1) is 0 Å². The molecule has 2 aliphatic heterocycles. The van der Waals surface area contributed by atoms with E-state index in [1.807, 2.05) is 49.8 Å². The summed E-state index contributed by atoms with van der Waals surface area (Å²) in [4.78, 5) is 15.4. The molecule has 200 valence electrons. The number of anilines is 2. The number of aryl methyl sites for hydroxylation is 1. The summed E-state index contributed by atoms with van der Waals surface area (Å²) < 4.78 is 15.4. The van der Waals surface area contributed by atoms with Gasteiger partial charge in [0.1, 0.15) is 48.6 Å². The quantitative estimate of drug-likeness (QED) is 0.289. The minimum Gasteiger partial charge on any atom is -0.491 e. The molecule has 5 aromatic rings. The highest BCUT2D eigenvalue weighted by molar-refractivity contribution is 5.87. The Kier molecular flexibility index (Phi) is 5.58. The third-order valence-electron chi connectivity index (χ3n) is 7.35. The van der Waals surface area contributed by atoms with E-state index in [0.717, 1.165) is 30.4 Å². The van der Waals surface area contributed by atoms with Gasteiger partial charge < -0.3 is 30.3 Å². The van der Waals surface area contributed by atoms with Gasteiger partial charge >= 0.3 is 0 Å². The molecule has 0 amide bonds. The molecular weight excluding hydrogens is 502 g/mol. The van der Waals surface area contributed by atoms with E-state index in [1.54, 1.807) is 9.20 Å². The van der Waals surface area contributed by atoms with Crippen LogP contribution in [0.15, 0.2) is 49.1 Å². The Hall–Kier alpha value is -4.33. The normalized spacial score (nSPS) is 23.0. The van der Waals surface area contributed by atoms with Gasteiger partial charge in [0.2, 0.25) is 5.95 Å². The van der Waals surface area contributed by atoms with Gasteiger partial charge in [0.25, 0.3) is 0 Å². The van der Waals surface area contributed by atoms with Crippen LogP contribution in [0.1, 0.15) is 18.2 Å². The van der Waals surface area contributed by atoms with E-state index in [4.69, 9.17) is 15.2 Å². The topological polar surface area (TPSA) is 162 Å². The van der Waals surface area contributed by atoms with E-state index in [9.17, 15) is 10.2 Å². The summed E-state index contributed by atoms with van der Waals surface area (Å²) >= 11 is 0. The maximum atomic E-state index is 11.0. The van der Waals surface area contributed by atoms with E-state index in [0.29, 0.717) is 34.2 Å². The molecule has 0 bridgehead atoms. The van der Waals surface area contributed by atoms with E-state index >= 15 is 0 Å². The molecule has 13 nitrogen and oxygen atoms in total. The van der Waals surface area contributed by atoms with Crippen molar-refractivity contribution >= 4 is 28.2 Å². The molecule has 0 radical (unpaired) electrons. The monoisotopic (exact) mass is 529 g/mol. The summed E-state index contributed by atoms with van der Waals surface area (Å²) in [6.07, 6.45) is 2.05. The fourth-order valence-electron chi connectivity index (χ4n) is 5.11. The lowest BCUT2D eigenvalue weighted by Crippen LogP contribution is -2.38. The van der Waals surface area contributed by atoms with Crippen LogP contribution in [0.25, 0.3) is 27.7 Å². The summed E-state index contributed by atoms with van der Waals surface area (Å²) in [6.45, 7) is 1.94. The number of aromatic nitrogens is 7. The molecule has 0 spiro atoms. The number of hydrogen-bond donors (Lipinski definition) is 3. The highest BCUT2D eigenvalue weighted by Gasteiger charge is 2.45. The van der Waals surface area contributed by atoms with Gasteiger partial charge in [-0.05, 0) is 30.7 Å². The van der Waals surface area contributed by atoms with Crippen molar-refractivity contribution in [1.29, 1.82) is 0 Å². The second kappa shape index (κ2) is 9.15. The molecule has 39 heavy (non-hydrogen) atoms. The summed E-state index contributed by atoms with van der Waals surface area (Å²) in [7, 11) is 1.82. The lowest BCUT2D eigenvalue weighted by molar-refractivity contribution is -0.0187. The first-order chi connectivity index (χ1) is 19.0. The second-order valence-electron chi connectivity index (χ2n) is 9.88. The molecule has 2 aliphatic rings. The van der Waals surface area contributed by atoms with Gasteiger partial charge in [-0.1, -0.05) is 0 Å². The molecular formula is C26H27N9O4. The maximum absolute atomic E-state index is 11.0. The molecule has 2 fully saturated rings. The van der Waals surface area contributed by atoms with Crippen molar-refractivity contribution in [2.24, 2.45) is 7.05 Å². The van der Waals surface area contributed by atoms with Crippen LogP contribution in [0.4, 0.5) is 11.8 Å². The van der Waals surface area contributed by atoms with E-state index in [2.05, 4.69) is 30.0 Å². The van der Waals surface area contributed by atoms with Crippen LogP contribution in [-0.4, -0.2) is 82.6 Å². The number of aliphatic hydroxyl groups excluding tert-OH is 2. The molecule has 13 heteroatoms. The van der Waals surface area contributed by atoms with Crippen molar-refractivity contribution in [2.45, 2.75) is 30.8 Å². The predicted octanol–water partition coefficient (Wildman–Crippen LogP) is 1.11. The number of ether oxygens (including phenoxy) is 2. The first kappa shape index (κ1) is 23.8. The third-order valence-corrected chi connectivity index (χ3v) is 7.35. The average Bonchev–Trinajstić information content (AvgIpc) is 3.58. The van der Waals surface area contributed by atoms with Gasteiger partial charge in [-0.25, -0.2) is 19.5 Å². The average molecular weight is 530 g/mol. The predicted molar refractivity (Wildman–Crippen MR) is 141 cm³/mol. The fraction of sp³-hybridized carbons (Fsp3) is 0.346.